The molecule has 0 heterocycles. The third-order valence-electron chi connectivity index (χ3n) is 2.10. The van der Waals surface area contributed by atoms with Crippen LogP contribution >= 0.6 is 0 Å². The minimum Gasteiger partial charge on any atom is -0.491 e. The first kappa shape index (κ1) is 12.6. The Balaban J connectivity index is 2.67. The van der Waals surface area contributed by atoms with E-state index >= 15 is 0 Å². The van der Waals surface area contributed by atoms with Crippen LogP contribution in [0.2, 0.25) is 0 Å². The lowest BCUT2D eigenvalue weighted by atomic mass is 10.2. The standard InChI is InChI=1S/C14H17FO/c1-3-5-7-12-8-9-14(13(15)11-12)16-10-6-4-2/h8-9,11H,3-4,6,10H2,1-2H3. The molecule has 0 bridgehead atoms. The number of ether oxygens (including phenoxy) is 1. The van der Waals surface area contributed by atoms with E-state index in [1.807, 2.05) is 6.92 Å². The summed E-state index contributed by atoms with van der Waals surface area (Å²) in [6.07, 6.45) is 2.76. The van der Waals surface area contributed by atoms with Crippen molar-refractivity contribution in [3.63, 3.8) is 0 Å². The van der Waals surface area contributed by atoms with Gasteiger partial charge in [-0.05, 0) is 24.6 Å². The van der Waals surface area contributed by atoms with Crippen LogP contribution in [0.15, 0.2) is 18.2 Å². The van der Waals surface area contributed by atoms with E-state index in [4.69, 9.17) is 4.74 Å². The van der Waals surface area contributed by atoms with E-state index in [0.717, 1.165) is 19.3 Å². The molecule has 0 unspecified atom stereocenters. The lowest BCUT2D eigenvalue weighted by molar-refractivity contribution is 0.294. The minimum atomic E-state index is -0.334. The summed E-state index contributed by atoms with van der Waals surface area (Å²) in [7, 11) is 0. The fourth-order valence-electron chi connectivity index (χ4n) is 1.21. The van der Waals surface area contributed by atoms with Crippen molar-refractivity contribution in [2.45, 2.75) is 33.1 Å². The van der Waals surface area contributed by atoms with Crippen LogP contribution in [0.1, 0.15) is 38.7 Å². The van der Waals surface area contributed by atoms with E-state index < -0.39 is 0 Å². The Labute approximate surface area is 96.6 Å². The summed E-state index contributed by atoms with van der Waals surface area (Å²) in [6, 6.07) is 4.85. The molecule has 0 aliphatic rings. The van der Waals surface area contributed by atoms with E-state index in [9.17, 15) is 4.39 Å². The average Bonchev–Trinajstić information content (AvgIpc) is 2.29. The molecule has 0 aromatic heterocycles. The van der Waals surface area contributed by atoms with Gasteiger partial charge in [-0.2, -0.15) is 0 Å². The van der Waals surface area contributed by atoms with Crippen LogP contribution in [0.3, 0.4) is 0 Å². The van der Waals surface area contributed by atoms with Crippen molar-refractivity contribution in [2.75, 3.05) is 6.61 Å². The number of rotatable bonds is 4. The summed E-state index contributed by atoms with van der Waals surface area (Å²) in [5.74, 6) is 5.77. The van der Waals surface area contributed by atoms with Crippen LogP contribution in [0.4, 0.5) is 4.39 Å². The normalized spacial score (nSPS) is 9.44. The van der Waals surface area contributed by atoms with Gasteiger partial charge >= 0.3 is 0 Å². The van der Waals surface area contributed by atoms with Gasteiger partial charge in [-0.25, -0.2) is 4.39 Å². The van der Waals surface area contributed by atoms with Crippen LogP contribution in [-0.4, -0.2) is 6.61 Å². The summed E-state index contributed by atoms with van der Waals surface area (Å²) in [6.45, 7) is 4.60. The maximum atomic E-state index is 13.5. The Morgan fingerprint density at radius 1 is 1.31 bits per heavy atom. The topological polar surface area (TPSA) is 9.23 Å². The summed E-state index contributed by atoms with van der Waals surface area (Å²) in [5, 5.41) is 0. The molecule has 16 heavy (non-hydrogen) atoms. The molecule has 0 N–H and O–H groups in total. The quantitative estimate of drug-likeness (QED) is 0.554. The lowest BCUT2D eigenvalue weighted by Crippen LogP contribution is -1.98. The molecule has 0 aliphatic heterocycles. The molecule has 0 saturated heterocycles. The van der Waals surface area contributed by atoms with Crippen molar-refractivity contribution in [1.82, 2.24) is 0 Å². The van der Waals surface area contributed by atoms with Gasteiger partial charge in [0.2, 0.25) is 0 Å². The Bertz CT molecular complexity index is 387. The SMILES string of the molecule is CCC#Cc1ccc(OCCCC)c(F)c1. The summed E-state index contributed by atoms with van der Waals surface area (Å²) < 4.78 is 18.8. The molecule has 1 aromatic carbocycles. The van der Waals surface area contributed by atoms with Crippen molar-refractivity contribution < 1.29 is 9.13 Å². The van der Waals surface area contributed by atoms with Crippen LogP contribution in [0.5, 0.6) is 5.75 Å². The molecule has 86 valence electrons. The molecular formula is C14H17FO. The van der Waals surface area contributed by atoms with Gasteiger partial charge in [-0.3, -0.25) is 0 Å². The largest absolute Gasteiger partial charge is 0.491 e. The number of unbranched alkanes of at least 4 members (excludes halogenated alkanes) is 1. The van der Waals surface area contributed by atoms with Gasteiger partial charge in [0.25, 0.3) is 0 Å². The van der Waals surface area contributed by atoms with Gasteiger partial charge in [0.15, 0.2) is 11.6 Å². The van der Waals surface area contributed by atoms with E-state index in [-0.39, 0.29) is 5.82 Å². The first-order chi connectivity index (χ1) is 7.77. The predicted octanol–water partition coefficient (Wildman–Crippen LogP) is 3.77. The monoisotopic (exact) mass is 220 g/mol. The molecule has 0 aliphatic carbocycles. The Morgan fingerprint density at radius 3 is 2.75 bits per heavy atom. The molecule has 0 fully saturated rings. The first-order valence-electron chi connectivity index (χ1n) is 5.69. The second-order valence-electron chi connectivity index (χ2n) is 3.50. The average molecular weight is 220 g/mol. The summed E-state index contributed by atoms with van der Waals surface area (Å²) >= 11 is 0. The highest BCUT2D eigenvalue weighted by Crippen LogP contribution is 2.18. The van der Waals surface area contributed by atoms with Crippen LogP contribution in [0, 0.1) is 17.7 Å². The number of hydrogen-bond donors (Lipinski definition) is 0. The van der Waals surface area contributed by atoms with Gasteiger partial charge < -0.3 is 4.74 Å². The van der Waals surface area contributed by atoms with Crippen LogP contribution in [0.25, 0.3) is 0 Å². The Kier molecular flexibility index (Phi) is 5.42. The van der Waals surface area contributed by atoms with E-state index in [1.165, 1.54) is 6.07 Å². The zero-order valence-electron chi connectivity index (χ0n) is 9.85. The van der Waals surface area contributed by atoms with E-state index in [2.05, 4.69) is 18.8 Å². The first-order valence-corrected chi connectivity index (χ1v) is 5.69. The Morgan fingerprint density at radius 2 is 2.12 bits per heavy atom. The smallest absolute Gasteiger partial charge is 0.166 e. The maximum absolute atomic E-state index is 13.5. The van der Waals surface area contributed by atoms with Crippen molar-refractivity contribution >= 4 is 0 Å². The molecule has 0 saturated carbocycles. The van der Waals surface area contributed by atoms with Crippen molar-refractivity contribution in [2.24, 2.45) is 0 Å². The van der Waals surface area contributed by atoms with Gasteiger partial charge in [0.05, 0.1) is 6.61 Å². The predicted molar refractivity (Wildman–Crippen MR) is 64.0 cm³/mol. The highest BCUT2D eigenvalue weighted by molar-refractivity contribution is 5.39. The zero-order chi connectivity index (χ0) is 11.8. The second-order valence-corrected chi connectivity index (χ2v) is 3.50. The molecule has 0 radical (unpaired) electrons. The van der Waals surface area contributed by atoms with Crippen molar-refractivity contribution in [1.29, 1.82) is 0 Å². The molecule has 0 amide bonds. The Hall–Kier alpha value is -1.49. The molecule has 2 heteroatoms. The molecule has 0 spiro atoms. The highest BCUT2D eigenvalue weighted by Gasteiger charge is 2.03. The number of benzene rings is 1. The lowest BCUT2D eigenvalue weighted by Gasteiger charge is -2.06. The zero-order valence-corrected chi connectivity index (χ0v) is 9.85. The molecule has 0 atom stereocenters. The van der Waals surface area contributed by atoms with Gasteiger partial charge in [0, 0.05) is 12.0 Å². The number of hydrogen-bond acceptors (Lipinski definition) is 1. The fraction of sp³-hybridized carbons (Fsp3) is 0.429. The van der Waals surface area contributed by atoms with Gasteiger partial charge in [-0.1, -0.05) is 32.1 Å². The molecule has 1 rings (SSSR count). The second kappa shape index (κ2) is 6.90. The van der Waals surface area contributed by atoms with E-state index in [1.54, 1.807) is 12.1 Å². The third-order valence-corrected chi connectivity index (χ3v) is 2.10. The van der Waals surface area contributed by atoms with Gasteiger partial charge in [-0.15, -0.1) is 0 Å². The number of halogens is 1. The summed E-state index contributed by atoms with van der Waals surface area (Å²) in [4.78, 5) is 0. The molecular weight excluding hydrogens is 203 g/mol. The third kappa shape index (κ3) is 3.94. The van der Waals surface area contributed by atoms with E-state index in [0.29, 0.717) is 17.9 Å². The molecule has 1 nitrogen and oxygen atoms in total. The highest BCUT2D eigenvalue weighted by atomic mass is 19.1. The van der Waals surface area contributed by atoms with Crippen molar-refractivity contribution in [3.8, 4) is 17.6 Å². The van der Waals surface area contributed by atoms with Crippen LogP contribution in [-0.2, 0) is 0 Å². The maximum Gasteiger partial charge on any atom is 0.166 e. The minimum absolute atomic E-state index is 0.315. The summed E-state index contributed by atoms with van der Waals surface area (Å²) in [5.41, 5.74) is 0.696. The fourth-order valence-corrected chi connectivity index (χ4v) is 1.21. The molecule has 1 aromatic rings. The van der Waals surface area contributed by atoms with Gasteiger partial charge in [0.1, 0.15) is 0 Å². The van der Waals surface area contributed by atoms with Crippen LogP contribution < -0.4 is 4.74 Å². The van der Waals surface area contributed by atoms with Crippen molar-refractivity contribution in [3.05, 3.63) is 29.6 Å².